The van der Waals surface area contributed by atoms with E-state index in [0.717, 1.165) is 89.6 Å². The highest BCUT2D eigenvalue weighted by atomic mass is 16.5. The summed E-state index contributed by atoms with van der Waals surface area (Å²) in [4.78, 5) is 10.6. The van der Waals surface area contributed by atoms with Gasteiger partial charge in [0.2, 0.25) is 11.7 Å². The molecular weight excluding hydrogens is 691 g/mol. The molecule has 4 aromatic heterocycles. The first-order valence-electron chi connectivity index (χ1n) is 18.8. The van der Waals surface area contributed by atoms with E-state index >= 15 is 0 Å². The zero-order valence-corrected chi connectivity index (χ0v) is 31.0. The van der Waals surface area contributed by atoms with E-state index in [0.29, 0.717) is 11.5 Å². The molecule has 0 amide bonds. The first kappa shape index (κ1) is 32.0. The lowest BCUT2D eigenvalue weighted by atomic mass is 10.1. The average molecular weight is 726 g/mol. The molecule has 11 rings (SSSR count). The SMILES string of the molecule is Cc1cccc(C)c1-n1c(-n2c3cc(Oc4cccc(-n5[c-][n+](-c6ccccc6)c6ccccc65)c4)ccc3n3c4cccc(C)c4nc23)nc2ccccc21. The lowest BCUT2D eigenvalue weighted by Gasteiger charge is -2.16. The number of rotatable bonds is 6. The second-order valence-corrected chi connectivity index (χ2v) is 14.3. The Kier molecular flexibility index (Phi) is 7.03. The Bertz CT molecular complexity index is 3310. The predicted molar refractivity (Wildman–Crippen MR) is 222 cm³/mol. The summed E-state index contributed by atoms with van der Waals surface area (Å²) >= 11 is 0. The average Bonchev–Trinajstić information content (AvgIpc) is 3.98. The van der Waals surface area contributed by atoms with E-state index in [9.17, 15) is 0 Å². The van der Waals surface area contributed by atoms with Crippen LogP contribution in [0.15, 0.2) is 158 Å². The maximum absolute atomic E-state index is 6.73. The molecular formula is C48H35N7O. The number of hydrogen-bond acceptors (Lipinski definition) is 3. The normalized spacial score (nSPS) is 11.8. The van der Waals surface area contributed by atoms with E-state index in [1.54, 1.807) is 0 Å². The van der Waals surface area contributed by atoms with E-state index in [4.69, 9.17) is 14.7 Å². The monoisotopic (exact) mass is 725 g/mol. The highest BCUT2D eigenvalue weighted by Gasteiger charge is 2.25. The van der Waals surface area contributed by atoms with Crippen LogP contribution in [0.2, 0.25) is 0 Å². The molecule has 0 aliphatic rings. The van der Waals surface area contributed by atoms with Crippen molar-refractivity contribution in [2.75, 3.05) is 0 Å². The molecule has 8 heteroatoms. The molecule has 0 aliphatic carbocycles. The fourth-order valence-corrected chi connectivity index (χ4v) is 8.24. The maximum atomic E-state index is 6.73. The minimum Gasteiger partial charge on any atom is -0.458 e. The molecule has 11 aromatic rings. The van der Waals surface area contributed by atoms with Gasteiger partial charge in [0.05, 0.1) is 61.2 Å². The van der Waals surface area contributed by atoms with Crippen LogP contribution in [0.3, 0.4) is 0 Å². The molecule has 0 bridgehead atoms. The van der Waals surface area contributed by atoms with Crippen molar-refractivity contribution >= 4 is 49.9 Å². The summed E-state index contributed by atoms with van der Waals surface area (Å²) in [7, 11) is 0. The van der Waals surface area contributed by atoms with E-state index in [2.05, 4.69) is 165 Å². The summed E-state index contributed by atoms with van der Waals surface area (Å²) in [5.74, 6) is 2.96. The number of aromatic nitrogens is 7. The maximum Gasteiger partial charge on any atom is 0.269 e. The summed E-state index contributed by atoms with van der Waals surface area (Å²) in [6.07, 6.45) is 3.59. The van der Waals surface area contributed by atoms with Gasteiger partial charge < -0.3 is 4.74 Å². The zero-order valence-electron chi connectivity index (χ0n) is 31.0. The largest absolute Gasteiger partial charge is 0.458 e. The van der Waals surface area contributed by atoms with Crippen LogP contribution in [0.25, 0.3) is 72.9 Å². The van der Waals surface area contributed by atoms with Crippen LogP contribution in [-0.2, 0) is 0 Å². The van der Waals surface area contributed by atoms with Gasteiger partial charge in [0, 0.05) is 6.07 Å². The van der Waals surface area contributed by atoms with Gasteiger partial charge in [0.15, 0.2) is 0 Å². The Labute approximate surface area is 322 Å². The standard InChI is InChI=1S/C48H35N7O/c1-31-14-12-25-43-45(31)50-48-53(43)42-27-26-37(29-44(42)55(48)47-49-38-21-7-8-22-39(38)54(47)46-32(2)15-11-16-33(46)3)56-36-20-13-19-35(28-36)52-30-51(34-17-5-4-6-18-34)40-23-9-10-24-41(40)52/h4-29H,1-3H3. The molecule has 0 saturated heterocycles. The van der Waals surface area contributed by atoms with Crippen LogP contribution < -0.4 is 9.30 Å². The van der Waals surface area contributed by atoms with Crippen molar-refractivity contribution in [1.82, 2.24) is 28.1 Å². The Balaban J connectivity index is 1.10. The van der Waals surface area contributed by atoms with E-state index in [-0.39, 0.29) is 0 Å². The van der Waals surface area contributed by atoms with Gasteiger partial charge in [-0.3, -0.25) is 18.1 Å². The second kappa shape index (κ2) is 12.3. The summed E-state index contributed by atoms with van der Waals surface area (Å²) in [6.45, 7) is 6.43. The van der Waals surface area contributed by atoms with Gasteiger partial charge in [-0.05, 0) is 98.1 Å². The molecule has 0 atom stereocenters. The minimum atomic E-state index is 0.701. The number of hydrogen-bond donors (Lipinski definition) is 0. The topological polar surface area (TPSA) is 58.1 Å². The van der Waals surface area contributed by atoms with Crippen molar-refractivity contribution in [2.45, 2.75) is 20.8 Å². The summed E-state index contributed by atoms with van der Waals surface area (Å²) in [5, 5.41) is 0. The predicted octanol–water partition coefficient (Wildman–Crippen LogP) is 10.5. The van der Waals surface area contributed by atoms with Crippen molar-refractivity contribution in [2.24, 2.45) is 0 Å². The molecule has 8 nitrogen and oxygen atoms in total. The fourth-order valence-electron chi connectivity index (χ4n) is 8.24. The van der Waals surface area contributed by atoms with Crippen LogP contribution in [0.5, 0.6) is 11.5 Å². The molecule has 56 heavy (non-hydrogen) atoms. The molecule has 0 spiro atoms. The third-order valence-electron chi connectivity index (χ3n) is 10.8. The third kappa shape index (κ3) is 4.82. The number of benzene rings is 7. The van der Waals surface area contributed by atoms with Crippen LogP contribution in [0.1, 0.15) is 16.7 Å². The van der Waals surface area contributed by atoms with Crippen molar-refractivity contribution in [3.05, 3.63) is 181 Å². The van der Waals surface area contributed by atoms with Gasteiger partial charge >= 0.3 is 0 Å². The van der Waals surface area contributed by atoms with E-state index < -0.39 is 0 Å². The van der Waals surface area contributed by atoms with E-state index in [1.165, 1.54) is 0 Å². The number of aryl methyl sites for hydroxylation is 3. The van der Waals surface area contributed by atoms with Crippen LogP contribution in [0.4, 0.5) is 0 Å². The third-order valence-corrected chi connectivity index (χ3v) is 10.8. The summed E-state index contributed by atoms with van der Waals surface area (Å²) < 4.78 is 17.6. The molecule has 0 aliphatic heterocycles. The number of imidazole rings is 4. The molecule has 4 heterocycles. The number of ether oxygens (including phenoxy) is 1. The summed E-state index contributed by atoms with van der Waals surface area (Å²) in [6, 6.07) is 54.2. The second-order valence-electron chi connectivity index (χ2n) is 14.3. The quantitative estimate of drug-likeness (QED) is 0.127. The number of para-hydroxylation sites is 7. The number of fused-ring (bicyclic) bond motifs is 7. The van der Waals surface area contributed by atoms with Crippen molar-refractivity contribution in [3.63, 3.8) is 0 Å². The molecule has 0 radical (unpaired) electrons. The Morgan fingerprint density at radius 3 is 2.09 bits per heavy atom. The first-order valence-corrected chi connectivity index (χ1v) is 18.8. The number of nitrogens with zero attached hydrogens (tertiary/aromatic N) is 7. The Hall–Kier alpha value is -7.45. The van der Waals surface area contributed by atoms with Crippen LogP contribution in [0, 0.1) is 27.1 Å². The van der Waals surface area contributed by atoms with Crippen molar-refractivity contribution in [1.29, 1.82) is 0 Å². The van der Waals surface area contributed by atoms with Gasteiger partial charge in [-0.25, -0.2) is 14.5 Å². The Morgan fingerprint density at radius 1 is 0.536 bits per heavy atom. The van der Waals surface area contributed by atoms with Crippen LogP contribution in [-0.4, -0.2) is 28.1 Å². The van der Waals surface area contributed by atoms with Gasteiger partial charge in [0.1, 0.15) is 11.5 Å². The van der Waals surface area contributed by atoms with Gasteiger partial charge in [-0.2, -0.15) is 0 Å². The Morgan fingerprint density at radius 2 is 1.23 bits per heavy atom. The molecule has 0 saturated carbocycles. The van der Waals surface area contributed by atoms with Gasteiger partial charge in [-0.1, -0.05) is 91.0 Å². The zero-order chi connectivity index (χ0) is 37.5. The van der Waals surface area contributed by atoms with Crippen LogP contribution >= 0.6 is 0 Å². The molecule has 0 unspecified atom stereocenters. The molecule has 7 aromatic carbocycles. The highest BCUT2D eigenvalue weighted by Crippen LogP contribution is 2.37. The minimum absolute atomic E-state index is 0.701. The lowest BCUT2D eigenvalue weighted by Crippen LogP contribution is -2.29. The molecule has 0 fully saturated rings. The first-order chi connectivity index (χ1) is 27.5. The highest BCUT2D eigenvalue weighted by molar-refractivity contribution is 5.94. The molecule has 0 N–H and O–H groups in total. The van der Waals surface area contributed by atoms with E-state index in [1.807, 2.05) is 42.5 Å². The smallest absolute Gasteiger partial charge is 0.269 e. The fraction of sp³-hybridized carbons (Fsp3) is 0.0625. The van der Waals surface area contributed by atoms with Gasteiger partial charge in [0.25, 0.3) is 6.33 Å². The lowest BCUT2D eigenvalue weighted by molar-refractivity contribution is -0.572. The van der Waals surface area contributed by atoms with Gasteiger partial charge in [-0.15, -0.1) is 0 Å². The summed E-state index contributed by atoms with van der Waals surface area (Å²) in [5.41, 5.74) is 14.5. The molecule has 268 valence electrons. The van der Waals surface area contributed by atoms with Crippen molar-refractivity contribution in [3.8, 4) is 34.5 Å². The van der Waals surface area contributed by atoms with Crippen molar-refractivity contribution < 1.29 is 9.30 Å².